The first-order valence-electron chi connectivity index (χ1n) is 6.80. The van der Waals surface area contributed by atoms with Gasteiger partial charge in [0.25, 0.3) is 5.69 Å². The van der Waals surface area contributed by atoms with Gasteiger partial charge in [0, 0.05) is 42.9 Å². The van der Waals surface area contributed by atoms with E-state index in [1.54, 1.807) is 19.1 Å². The highest BCUT2D eigenvalue weighted by atomic mass is 16.6. The number of hydrogen-bond acceptors (Lipinski definition) is 4. The first-order chi connectivity index (χ1) is 9.51. The number of amides is 1. The number of benzene rings is 1. The molecule has 1 amide bonds. The molecule has 1 aliphatic rings. The lowest BCUT2D eigenvalue weighted by atomic mass is 10.1. The minimum absolute atomic E-state index is 0.129. The Hall–Kier alpha value is -2.11. The quantitative estimate of drug-likeness (QED) is 0.677. The van der Waals surface area contributed by atoms with E-state index in [9.17, 15) is 14.9 Å². The SMILES string of the molecule is CCC(=O)N1CC[C@H](Nc2ccc([N+](=O)[O-])c(C)c2)C1. The number of aryl methyl sites for hydroxylation is 1. The van der Waals surface area contributed by atoms with Crippen molar-refractivity contribution in [3.63, 3.8) is 0 Å². The smallest absolute Gasteiger partial charge is 0.272 e. The molecule has 1 heterocycles. The zero-order valence-electron chi connectivity index (χ0n) is 11.8. The predicted octanol–water partition coefficient (Wildman–Crippen LogP) is 2.33. The Morgan fingerprint density at radius 3 is 2.90 bits per heavy atom. The number of nitro benzene ring substituents is 1. The van der Waals surface area contributed by atoms with Crippen molar-refractivity contribution in [3.8, 4) is 0 Å². The Morgan fingerprint density at radius 2 is 2.30 bits per heavy atom. The molecule has 0 aliphatic carbocycles. The van der Waals surface area contributed by atoms with Gasteiger partial charge in [-0.25, -0.2) is 0 Å². The maximum Gasteiger partial charge on any atom is 0.272 e. The van der Waals surface area contributed by atoms with Crippen molar-refractivity contribution in [1.29, 1.82) is 0 Å². The molecular weight excluding hydrogens is 258 g/mol. The number of anilines is 1. The zero-order valence-corrected chi connectivity index (χ0v) is 11.8. The molecule has 0 spiro atoms. The largest absolute Gasteiger partial charge is 0.380 e. The van der Waals surface area contributed by atoms with E-state index in [0.29, 0.717) is 18.5 Å². The minimum Gasteiger partial charge on any atom is -0.380 e. The normalized spacial score (nSPS) is 18.1. The van der Waals surface area contributed by atoms with Gasteiger partial charge in [0.1, 0.15) is 0 Å². The second kappa shape index (κ2) is 5.90. The lowest BCUT2D eigenvalue weighted by Crippen LogP contribution is -2.30. The summed E-state index contributed by atoms with van der Waals surface area (Å²) in [4.78, 5) is 23.9. The van der Waals surface area contributed by atoms with E-state index in [4.69, 9.17) is 0 Å². The van der Waals surface area contributed by atoms with Crippen LogP contribution in [0.3, 0.4) is 0 Å². The van der Waals surface area contributed by atoms with Crippen LogP contribution in [0.4, 0.5) is 11.4 Å². The molecule has 1 aliphatic heterocycles. The van der Waals surface area contributed by atoms with Crippen LogP contribution in [-0.4, -0.2) is 34.9 Å². The average molecular weight is 277 g/mol. The summed E-state index contributed by atoms with van der Waals surface area (Å²) < 4.78 is 0. The molecule has 0 unspecified atom stereocenters. The van der Waals surface area contributed by atoms with Gasteiger partial charge in [-0.1, -0.05) is 6.92 Å². The van der Waals surface area contributed by atoms with E-state index in [1.165, 1.54) is 6.07 Å². The van der Waals surface area contributed by atoms with Crippen LogP contribution in [0.2, 0.25) is 0 Å². The maximum atomic E-state index is 11.6. The van der Waals surface area contributed by atoms with E-state index in [1.807, 2.05) is 11.8 Å². The first kappa shape index (κ1) is 14.3. The van der Waals surface area contributed by atoms with Gasteiger partial charge in [-0.15, -0.1) is 0 Å². The van der Waals surface area contributed by atoms with Crippen molar-refractivity contribution in [1.82, 2.24) is 4.90 Å². The number of likely N-dealkylation sites (tertiary alicyclic amines) is 1. The van der Waals surface area contributed by atoms with Gasteiger partial charge in [-0.2, -0.15) is 0 Å². The highest BCUT2D eigenvalue weighted by molar-refractivity contribution is 5.76. The van der Waals surface area contributed by atoms with Gasteiger partial charge in [-0.05, 0) is 25.5 Å². The van der Waals surface area contributed by atoms with Crippen molar-refractivity contribution in [2.75, 3.05) is 18.4 Å². The van der Waals surface area contributed by atoms with E-state index in [0.717, 1.165) is 18.7 Å². The molecule has 20 heavy (non-hydrogen) atoms. The number of carbonyl (C=O) groups is 1. The Morgan fingerprint density at radius 1 is 1.55 bits per heavy atom. The van der Waals surface area contributed by atoms with Crippen LogP contribution in [0, 0.1) is 17.0 Å². The standard InChI is InChI=1S/C14H19N3O3/c1-3-14(18)16-7-6-12(9-16)15-11-4-5-13(17(19)20)10(2)8-11/h4-5,8,12,15H,3,6-7,9H2,1-2H3/t12-/m0/s1. The third-order valence-electron chi connectivity index (χ3n) is 3.61. The van der Waals surface area contributed by atoms with E-state index < -0.39 is 0 Å². The molecule has 1 aromatic rings. The van der Waals surface area contributed by atoms with Gasteiger partial charge < -0.3 is 10.2 Å². The van der Waals surface area contributed by atoms with E-state index in [-0.39, 0.29) is 22.6 Å². The van der Waals surface area contributed by atoms with Gasteiger partial charge in [0.05, 0.1) is 4.92 Å². The fraction of sp³-hybridized carbons (Fsp3) is 0.500. The molecule has 6 nitrogen and oxygen atoms in total. The summed E-state index contributed by atoms with van der Waals surface area (Å²) in [7, 11) is 0. The molecule has 1 fully saturated rings. The van der Waals surface area contributed by atoms with Crippen LogP contribution < -0.4 is 5.32 Å². The van der Waals surface area contributed by atoms with Crippen molar-refractivity contribution in [2.24, 2.45) is 0 Å². The first-order valence-corrected chi connectivity index (χ1v) is 6.80. The Labute approximate surface area is 117 Å². The van der Waals surface area contributed by atoms with Crippen molar-refractivity contribution < 1.29 is 9.72 Å². The summed E-state index contributed by atoms with van der Waals surface area (Å²) in [6.07, 6.45) is 1.44. The second-order valence-electron chi connectivity index (χ2n) is 5.08. The molecule has 1 atom stereocenters. The molecule has 2 rings (SSSR count). The summed E-state index contributed by atoms with van der Waals surface area (Å²) in [6, 6.07) is 5.23. The fourth-order valence-electron chi connectivity index (χ4n) is 2.51. The van der Waals surface area contributed by atoms with E-state index >= 15 is 0 Å². The van der Waals surface area contributed by atoms with Gasteiger partial charge in [-0.3, -0.25) is 14.9 Å². The Kier molecular flexibility index (Phi) is 4.22. The second-order valence-corrected chi connectivity index (χ2v) is 5.08. The molecule has 0 radical (unpaired) electrons. The van der Waals surface area contributed by atoms with Crippen molar-refractivity contribution >= 4 is 17.3 Å². The van der Waals surface area contributed by atoms with Gasteiger partial charge in [0.2, 0.25) is 5.91 Å². The van der Waals surface area contributed by atoms with Crippen LogP contribution >= 0.6 is 0 Å². The molecular formula is C14H19N3O3. The average Bonchev–Trinajstić information content (AvgIpc) is 2.86. The van der Waals surface area contributed by atoms with Crippen LogP contribution in [0.25, 0.3) is 0 Å². The number of rotatable bonds is 4. The third-order valence-corrected chi connectivity index (χ3v) is 3.61. The van der Waals surface area contributed by atoms with E-state index in [2.05, 4.69) is 5.32 Å². The van der Waals surface area contributed by atoms with Crippen molar-refractivity contribution in [2.45, 2.75) is 32.7 Å². The predicted molar refractivity (Wildman–Crippen MR) is 76.7 cm³/mol. The number of carbonyl (C=O) groups excluding carboxylic acids is 1. The van der Waals surface area contributed by atoms with Crippen LogP contribution in [-0.2, 0) is 4.79 Å². The molecule has 108 valence electrons. The lowest BCUT2D eigenvalue weighted by Gasteiger charge is -2.17. The fourth-order valence-corrected chi connectivity index (χ4v) is 2.51. The number of nitrogens with one attached hydrogen (secondary N) is 1. The summed E-state index contributed by atoms with van der Waals surface area (Å²) >= 11 is 0. The molecule has 0 bridgehead atoms. The summed E-state index contributed by atoms with van der Waals surface area (Å²) in [5.41, 5.74) is 1.63. The number of nitro groups is 1. The highest BCUT2D eigenvalue weighted by Crippen LogP contribution is 2.23. The summed E-state index contributed by atoms with van der Waals surface area (Å²) in [6.45, 7) is 5.06. The minimum atomic E-state index is -0.379. The zero-order chi connectivity index (χ0) is 14.7. The Bertz CT molecular complexity index is 530. The van der Waals surface area contributed by atoms with Crippen molar-refractivity contribution in [3.05, 3.63) is 33.9 Å². The molecule has 1 N–H and O–H groups in total. The number of nitrogens with zero attached hydrogens (tertiary/aromatic N) is 2. The molecule has 6 heteroatoms. The molecule has 1 saturated heterocycles. The van der Waals surface area contributed by atoms with Crippen LogP contribution in [0.5, 0.6) is 0 Å². The summed E-state index contributed by atoms with van der Waals surface area (Å²) in [5, 5.41) is 14.1. The van der Waals surface area contributed by atoms with Crippen LogP contribution in [0.15, 0.2) is 18.2 Å². The Balaban J connectivity index is 2.00. The maximum absolute atomic E-state index is 11.6. The molecule has 0 aromatic heterocycles. The van der Waals surface area contributed by atoms with Gasteiger partial charge in [0.15, 0.2) is 0 Å². The monoisotopic (exact) mass is 277 g/mol. The third kappa shape index (κ3) is 3.07. The van der Waals surface area contributed by atoms with Crippen LogP contribution in [0.1, 0.15) is 25.3 Å². The van der Waals surface area contributed by atoms with Gasteiger partial charge >= 0.3 is 0 Å². The number of hydrogen-bond donors (Lipinski definition) is 1. The lowest BCUT2D eigenvalue weighted by molar-refractivity contribution is -0.385. The highest BCUT2D eigenvalue weighted by Gasteiger charge is 2.25. The molecule has 1 aromatic carbocycles. The topological polar surface area (TPSA) is 75.5 Å². The summed E-state index contributed by atoms with van der Waals surface area (Å²) in [5.74, 6) is 0.175. The molecule has 0 saturated carbocycles.